The molecule has 1 aromatic carbocycles. The summed E-state index contributed by atoms with van der Waals surface area (Å²) in [5, 5.41) is 8.20. The predicted molar refractivity (Wildman–Crippen MR) is 81.2 cm³/mol. The smallest absolute Gasteiger partial charge is 0.313 e. The Morgan fingerprint density at radius 1 is 1.17 bits per heavy atom. The van der Waals surface area contributed by atoms with E-state index in [1.54, 1.807) is 13.0 Å². The van der Waals surface area contributed by atoms with Crippen molar-refractivity contribution >= 4 is 17.5 Å². The van der Waals surface area contributed by atoms with E-state index in [-0.39, 0.29) is 23.7 Å². The van der Waals surface area contributed by atoms with Gasteiger partial charge in [-0.1, -0.05) is 5.16 Å². The number of ether oxygens (including phenoxy) is 2. The Kier molecular flexibility index (Phi) is 5.35. The molecular formula is C15H16FN3O5. The number of nitrogens with one attached hydrogen (secondary N) is 2. The van der Waals surface area contributed by atoms with Crippen LogP contribution in [0.15, 0.2) is 22.7 Å². The van der Waals surface area contributed by atoms with Crippen molar-refractivity contribution in [2.24, 2.45) is 0 Å². The highest BCUT2D eigenvalue weighted by Crippen LogP contribution is 2.32. The van der Waals surface area contributed by atoms with Crippen molar-refractivity contribution in [2.45, 2.75) is 13.5 Å². The number of halogens is 1. The van der Waals surface area contributed by atoms with Crippen LogP contribution in [-0.4, -0.2) is 31.2 Å². The van der Waals surface area contributed by atoms with Crippen molar-refractivity contribution in [3.63, 3.8) is 0 Å². The first-order valence-electron chi connectivity index (χ1n) is 6.87. The number of benzene rings is 1. The minimum absolute atomic E-state index is 0.0119. The van der Waals surface area contributed by atoms with Crippen LogP contribution >= 0.6 is 0 Å². The summed E-state index contributed by atoms with van der Waals surface area (Å²) in [5.41, 5.74) is 0.260. The van der Waals surface area contributed by atoms with Crippen LogP contribution in [0.3, 0.4) is 0 Å². The molecule has 2 amide bonds. The SMILES string of the molecule is COc1cc(F)c(NC(=O)C(=O)NCc2cc(C)on2)cc1OC. The summed E-state index contributed by atoms with van der Waals surface area (Å²) in [5.74, 6) is -1.77. The molecule has 0 unspecified atom stereocenters. The predicted octanol–water partition coefficient (Wildman–Crippen LogP) is 1.39. The van der Waals surface area contributed by atoms with Crippen LogP contribution in [-0.2, 0) is 16.1 Å². The van der Waals surface area contributed by atoms with Gasteiger partial charge in [0.05, 0.1) is 26.5 Å². The van der Waals surface area contributed by atoms with Gasteiger partial charge >= 0.3 is 11.8 Å². The molecule has 0 saturated carbocycles. The van der Waals surface area contributed by atoms with Crippen molar-refractivity contribution in [1.82, 2.24) is 10.5 Å². The molecule has 8 nitrogen and oxygen atoms in total. The molecule has 0 aliphatic heterocycles. The molecule has 0 spiro atoms. The average molecular weight is 337 g/mol. The lowest BCUT2D eigenvalue weighted by Crippen LogP contribution is -2.35. The second-order valence-electron chi connectivity index (χ2n) is 4.75. The van der Waals surface area contributed by atoms with Gasteiger partial charge < -0.3 is 24.6 Å². The normalized spacial score (nSPS) is 10.2. The van der Waals surface area contributed by atoms with Crippen molar-refractivity contribution in [2.75, 3.05) is 19.5 Å². The highest BCUT2D eigenvalue weighted by atomic mass is 19.1. The molecule has 0 radical (unpaired) electrons. The fourth-order valence-electron chi connectivity index (χ4n) is 1.88. The largest absolute Gasteiger partial charge is 0.493 e. The highest BCUT2D eigenvalue weighted by molar-refractivity contribution is 6.39. The van der Waals surface area contributed by atoms with Gasteiger partial charge in [-0.05, 0) is 6.92 Å². The second-order valence-corrected chi connectivity index (χ2v) is 4.75. The lowest BCUT2D eigenvalue weighted by Gasteiger charge is -2.11. The number of nitrogens with zero attached hydrogens (tertiary/aromatic N) is 1. The zero-order valence-electron chi connectivity index (χ0n) is 13.3. The molecule has 2 N–H and O–H groups in total. The van der Waals surface area contributed by atoms with E-state index in [2.05, 4.69) is 15.8 Å². The van der Waals surface area contributed by atoms with Gasteiger partial charge in [-0.2, -0.15) is 0 Å². The summed E-state index contributed by atoms with van der Waals surface area (Å²) < 4.78 is 28.7. The van der Waals surface area contributed by atoms with Gasteiger partial charge in [0.2, 0.25) is 0 Å². The summed E-state index contributed by atoms with van der Waals surface area (Å²) in [6.07, 6.45) is 0. The van der Waals surface area contributed by atoms with E-state index in [9.17, 15) is 14.0 Å². The maximum atomic E-state index is 13.9. The van der Waals surface area contributed by atoms with Crippen molar-refractivity contribution in [3.8, 4) is 11.5 Å². The number of aromatic nitrogens is 1. The molecule has 0 aliphatic rings. The monoisotopic (exact) mass is 337 g/mol. The lowest BCUT2D eigenvalue weighted by molar-refractivity contribution is -0.136. The second kappa shape index (κ2) is 7.44. The van der Waals surface area contributed by atoms with Gasteiger partial charge in [0.25, 0.3) is 0 Å². The van der Waals surface area contributed by atoms with E-state index >= 15 is 0 Å². The molecule has 0 atom stereocenters. The number of carbonyl (C=O) groups is 2. The minimum atomic E-state index is -1.03. The Hall–Kier alpha value is -3.10. The quantitative estimate of drug-likeness (QED) is 0.800. The van der Waals surface area contributed by atoms with Crippen molar-refractivity contribution in [1.29, 1.82) is 0 Å². The van der Waals surface area contributed by atoms with E-state index < -0.39 is 17.6 Å². The molecule has 0 fully saturated rings. The Morgan fingerprint density at radius 2 is 1.83 bits per heavy atom. The van der Waals surface area contributed by atoms with Crippen LogP contribution in [0.5, 0.6) is 11.5 Å². The third-order valence-electron chi connectivity index (χ3n) is 3.03. The fourth-order valence-corrected chi connectivity index (χ4v) is 1.88. The molecule has 24 heavy (non-hydrogen) atoms. The van der Waals surface area contributed by atoms with E-state index in [0.717, 1.165) is 6.07 Å². The van der Waals surface area contributed by atoms with Gasteiger partial charge in [0, 0.05) is 18.2 Å². The first kappa shape index (κ1) is 17.3. The minimum Gasteiger partial charge on any atom is -0.493 e. The highest BCUT2D eigenvalue weighted by Gasteiger charge is 2.18. The summed E-state index contributed by atoms with van der Waals surface area (Å²) in [7, 11) is 2.72. The molecule has 0 saturated heterocycles. The van der Waals surface area contributed by atoms with Crippen LogP contribution in [0.4, 0.5) is 10.1 Å². The summed E-state index contributed by atoms with van der Waals surface area (Å²) in [6.45, 7) is 1.71. The van der Waals surface area contributed by atoms with E-state index in [0.29, 0.717) is 11.5 Å². The number of anilines is 1. The molecule has 9 heteroatoms. The molecule has 128 valence electrons. The number of rotatable bonds is 5. The molecule has 0 bridgehead atoms. The van der Waals surface area contributed by atoms with Crippen LogP contribution < -0.4 is 20.1 Å². The molecule has 2 rings (SSSR count). The van der Waals surface area contributed by atoms with Gasteiger partial charge in [-0.15, -0.1) is 0 Å². The molecule has 1 heterocycles. The number of carbonyl (C=O) groups excluding carboxylic acids is 2. The molecule has 0 aliphatic carbocycles. The standard InChI is InChI=1S/C15H16FN3O5/c1-8-4-9(19-24-8)7-17-14(20)15(21)18-11-6-13(23-3)12(22-2)5-10(11)16/h4-6H,7H2,1-3H3,(H,17,20)(H,18,21). The lowest BCUT2D eigenvalue weighted by atomic mass is 10.2. The van der Waals surface area contributed by atoms with Gasteiger partial charge in [-0.3, -0.25) is 9.59 Å². The third kappa shape index (κ3) is 4.00. The number of hydrogen-bond donors (Lipinski definition) is 2. The zero-order chi connectivity index (χ0) is 17.7. The van der Waals surface area contributed by atoms with Crippen LogP contribution in [0.1, 0.15) is 11.5 Å². The number of methoxy groups -OCH3 is 2. The molecule has 2 aromatic rings. The first-order chi connectivity index (χ1) is 11.4. The summed E-state index contributed by atoms with van der Waals surface area (Å²) in [4.78, 5) is 23.6. The van der Waals surface area contributed by atoms with Gasteiger partial charge in [0.15, 0.2) is 17.3 Å². The van der Waals surface area contributed by atoms with Crippen LogP contribution in [0.2, 0.25) is 0 Å². The fraction of sp³-hybridized carbons (Fsp3) is 0.267. The summed E-state index contributed by atoms with van der Waals surface area (Å²) >= 11 is 0. The van der Waals surface area contributed by atoms with E-state index in [1.807, 2.05) is 0 Å². The van der Waals surface area contributed by atoms with Crippen LogP contribution in [0, 0.1) is 12.7 Å². The summed E-state index contributed by atoms with van der Waals surface area (Å²) in [6, 6.07) is 3.89. The Bertz CT molecular complexity index is 760. The van der Waals surface area contributed by atoms with E-state index in [1.165, 1.54) is 20.3 Å². The Balaban J connectivity index is 2.01. The van der Waals surface area contributed by atoms with Crippen molar-refractivity contribution in [3.05, 3.63) is 35.5 Å². The third-order valence-corrected chi connectivity index (χ3v) is 3.03. The topological polar surface area (TPSA) is 103 Å². The Morgan fingerprint density at radius 3 is 2.42 bits per heavy atom. The molecule has 1 aromatic heterocycles. The average Bonchev–Trinajstić information content (AvgIpc) is 2.99. The van der Waals surface area contributed by atoms with Gasteiger partial charge in [0.1, 0.15) is 11.5 Å². The molecular weight excluding hydrogens is 321 g/mol. The number of amides is 2. The van der Waals surface area contributed by atoms with Crippen molar-refractivity contribution < 1.29 is 28.0 Å². The van der Waals surface area contributed by atoms with Gasteiger partial charge in [-0.25, -0.2) is 4.39 Å². The van der Waals surface area contributed by atoms with Crippen LogP contribution in [0.25, 0.3) is 0 Å². The maximum Gasteiger partial charge on any atom is 0.313 e. The number of hydrogen-bond acceptors (Lipinski definition) is 6. The van der Waals surface area contributed by atoms with E-state index in [4.69, 9.17) is 14.0 Å². The zero-order valence-corrected chi connectivity index (χ0v) is 13.3. The Labute approximate surface area is 136 Å². The maximum absolute atomic E-state index is 13.9. The number of aryl methyl sites for hydroxylation is 1. The first-order valence-corrected chi connectivity index (χ1v) is 6.87.